The van der Waals surface area contributed by atoms with E-state index in [1.54, 1.807) is 17.5 Å². The second kappa shape index (κ2) is 4.65. The number of fused-ring (bicyclic) bond motifs is 1. The molecule has 0 fully saturated rings. The van der Waals surface area contributed by atoms with Crippen LogP contribution in [0.3, 0.4) is 0 Å². The van der Waals surface area contributed by atoms with Crippen molar-refractivity contribution in [1.29, 1.82) is 0 Å². The van der Waals surface area contributed by atoms with Crippen LogP contribution in [-0.2, 0) is 6.54 Å². The molecule has 3 rings (SSSR count). The molecular weight excluding hydrogens is 266 g/mol. The van der Waals surface area contributed by atoms with Gasteiger partial charge in [0.25, 0.3) is 0 Å². The molecule has 0 radical (unpaired) electrons. The Balaban J connectivity index is 2.10. The second-order valence-corrected chi connectivity index (χ2v) is 5.27. The van der Waals surface area contributed by atoms with E-state index in [0.29, 0.717) is 6.54 Å². The van der Waals surface area contributed by atoms with Crippen LogP contribution in [0.15, 0.2) is 36.5 Å². The summed E-state index contributed by atoms with van der Waals surface area (Å²) >= 11 is 7.69. The highest BCUT2D eigenvalue weighted by molar-refractivity contribution is 7.22. The Labute approximate surface area is 113 Å². The maximum absolute atomic E-state index is 6.14. The first-order valence-corrected chi connectivity index (χ1v) is 6.68. The first kappa shape index (κ1) is 11.6. The van der Waals surface area contributed by atoms with Crippen LogP contribution in [0.4, 0.5) is 0 Å². The molecular formula is C13H10ClN3S. The smallest absolute Gasteiger partial charge is 0.143 e. The summed E-state index contributed by atoms with van der Waals surface area (Å²) in [4.78, 5) is 8.91. The van der Waals surface area contributed by atoms with Gasteiger partial charge in [-0.2, -0.15) is 0 Å². The summed E-state index contributed by atoms with van der Waals surface area (Å²) in [7, 11) is 0. The van der Waals surface area contributed by atoms with Crippen LogP contribution < -0.4 is 5.73 Å². The average molecular weight is 276 g/mol. The molecule has 0 spiro atoms. The Kier molecular flexibility index (Phi) is 2.99. The summed E-state index contributed by atoms with van der Waals surface area (Å²) in [6, 6.07) is 9.63. The monoisotopic (exact) mass is 275 g/mol. The van der Waals surface area contributed by atoms with Gasteiger partial charge >= 0.3 is 0 Å². The summed E-state index contributed by atoms with van der Waals surface area (Å²) in [6.07, 6.45) is 1.78. The molecule has 5 heteroatoms. The predicted molar refractivity (Wildman–Crippen MR) is 75.8 cm³/mol. The van der Waals surface area contributed by atoms with Crippen molar-refractivity contribution >= 4 is 33.2 Å². The normalized spacial score (nSPS) is 11.0. The molecule has 0 bridgehead atoms. The quantitative estimate of drug-likeness (QED) is 0.779. The van der Waals surface area contributed by atoms with Crippen molar-refractivity contribution in [2.75, 3.05) is 0 Å². The highest BCUT2D eigenvalue weighted by Gasteiger charge is 2.09. The molecule has 2 heterocycles. The van der Waals surface area contributed by atoms with Crippen molar-refractivity contribution in [3.05, 3.63) is 47.1 Å². The van der Waals surface area contributed by atoms with E-state index in [1.807, 2.05) is 30.3 Å². The second-order valence-electron chi connectivity index (χ2n) is 3.86. The number of pyridine rings is 1. The van der Waals surface area contributed by atoms with Gasteiger partial charge in [0.2, 0.25) is 0 Å². The van der Waals surface area contributed by atoms with Crippen molar-refractivity contribution in [3.63, 3.8) is 0 Å². The third kappa shape index (κ3) is 1.99. The number of benzene rings is 1. The van der Waals surface area contributed by atoms with Crippen molar-refractivity contribution in [3.8, 4) is 10.7 Å². The zero-order valence-electron chi connectivity index (χ0n) is 9.43. The van der Waals surface area contributed by atoms with E-state index < -0.39 is 0 Å². The summed E-state index contributed by atoms with van der Waals surface area (Å²) in [6.45, 7) is 0.499. The summed E-state index contributed by atoms with van der Waals surface area (Å²) < 4.78 is 0.999. The number of rotatable bonds is 2. The lowest BCUT2D eigenvalue weighted by molar-refractivity contribution is 1.05. The van der Waals surface area contributed by atoms with Crippen LogP contribution >= 0.6 is 22.9 Å². The molecule has 0 saturated heterocycles. The first-order valence-electron chi connectivity index (χ1n) is 5.48. The molecule has 0 amide bonds. The molecule has 1 aromatic carbocycles. The zero-order valence-corrected chi connectivity index (χ0v) is 11.0. The summed E-state index contributed by atoms with van der Waals surface area (Å²) in [5, 5.41) is 1.61. The van der Waals surface area contributed by atoms with E-state index in [0.717, 1.165) is 31.5 Å². The van der Waals surface area contributed by atoms with Gasteiger partial charge in [-0.05, 0) is 23.8 Å². The minimum atomic E-state index is 0.499. The van der Waals surface area contributed by atoms with Gasteiger partial charge in [-0.15, -0.1) is 11.3 Å². The number of aromatic nitrogens is 2. The molecule has 0 aliphatic rings. The van der Waals surface area contributed by atoms with Crippen molar-refractivity contribution in [2.45, 2.75) is 6.54 Å². The van der Waals surface area contributed by atoms with E-state index in [9.17, 15) is 0 Å². The fourth-order valence-electron chi connectivity index (χ4n) is 1.70. The molecule has 0 unspecified atom stereocenters. The molecule has 0 atom stereocenters. The maximum Gasteiger partial charge on any atom is 0.143 e. The Morgan fingerprint density at radius 2 is 2.11 bits per heavy atom. The molecule has 2 N–H and O–H groups in total. The Bertz CT molecular complexity index is 691. The molecule has 0 aliphatic heterocycles. The third-order valence-corrected chi connectivity index (χ3v) is 4.20. The Morgan fingerprint density at radius 1 is 1.22 bits per heavy atom. The van der Waals surface area contributed by atoms with E-state index in [2.05, 4.69) is 9.97 Å². The van der Waals surface area contributed by atoms with Gasteiger partial charge in [-0.3, -0.25) is 4.98 Å². The lowest BCUT2D eigenvalue weighted by atomic mass is 10.2. The molecule has 90 valence electrons. The molecule has 18 heavy (non-hydrogen) atoms. The molecule has 2 aromatic heterocycles. The predicted octanol–water partition coefficient (Wildman–Crippen LogP) is 3.47. The minimum Gasteiger partial charge on any atom is -0.326 e. The van der Waals surface area contributed by atoms with Crippen LogP contribution in [0.2, 0.25) is 5.02 Å². The van der Waals surface area contributed by atoms with Crippen LogP contribution in [0.5, 0.6) is 0 Å². The standard InChI is InChI=1S/C13H10ClN3S/c14-9-2-1-3-10-12(9)18-13(17-10)11-5-4-8(6-15)7-16-11/h1-5,7H,6,15H2. The number of nitrogens with zero attached hydrogens (tertiary/aromatic N) is 2. The lowest BCUT2D eigenvalue weighted by Gasteiger charge is -1.97. The fourth-order valence-corrected chi connectivity index (χ4v) is 2.93. The minimum absolute atomic E-state index is 0.499. The van der Waals surface area contributed by atoms with Crippen molar-refractivity contribution < 1.29 is 0 Å². The highest BCUT2D eigenvalue weighted by Crippen LogP contribution is 2.33. The molecule has 3 aromatic rings. The first-order chi connectivity index (χ1) is 8.78. The third-order valence-electron chi connectivity index (χ3n) is 2.65. The Hall–Kier alpha value is -1.49. The van der Waals surface area contributed by atoms with E-state index in [-0.39, 0.29) is 0 Å². The van der Waals surface area contributed by atoms with E-state index >= 15 is 0 Å². The van der Waals surface area contributed by atoms with Gasteiger partial charge in [0.05, 0.1) is 20.9 Å². The van der Waals surface area contributed by atoms with Gasteiger partial charge in [-0.25, -0.2) is 4.98 Å². The number of halogens is 1. The molecule has 0 aliphatic carbocycles. The van der Waals surface area contributed by atoms with Crippen LogP contribution in [0, 0.1) is 0 Å². The average Bonchev–Trinajstić information content (AvgIpc) is 2.84. The topological polar surface area (TPSA) is 51.8 Å². The molecule has 0 saturated carbocycles. The lowest BCUT2D eigenvalue weighted by Crippen LogP contribution is -1.96. The van der Waals surface area contributed by atoms with E-state index in [1.165, 1.54) is 0 Å². The maximum atomic E-state index is 6.14. The fraction of sp³-hybridized carbons (Fsp3) is 0.0769. The van der Waals surface area contributed by atoms with Crippen LogP contribution in [0.1, 0.15) is 5.56 Å². The van der Waals surface area contributed by atoms with Crippen LogP contribution in [-0.4, -0.2) is 9.97 Å². The van der Waals surface area contributed by atoms with Crippen molar-refractivity contribution in [2.24, 2.45) is 5.73 Å². The van der Waals surface area contributed by atoms with Crippen molar-refractivity contribution in [1.82, 2.24) is 9.97 Å². The van der Waals surface area contributed by atoms with Gasteiger partial charge < -0.3 is 5.73 Å². The van der Waals surface area contributed by atoms with Crippen LogP contribution in [0.25, 0.3) is 20.9 Å². The van der Waals surface area contributed by atoms with Gasteiger partial charge in [-0.1, -0.05) is 23.7 Å². The summed E-state index contributed by atoms with van der Waals surface area (Å²) in [5.74, 6) is 0. The Morgan fingerprint density at radius 3 is 2.78 bits per heavy atom. The molecule has 3 nitrogen and oxygen atoms in total. The highest BCUT2D eigenvalue weighted by atomic mass is 35.5. The zero-order chi connectivity index (χ0) is 12.5. The van der Waals surface area contributed by atoms with Gasteiger partial charge in [0, 0.05) is 12.7 Å². The van der Waals surface area contributed by atoms with Gasteiger partial charge in [0.15, 0.2) is 0 Å². The largest absolute Gasteiger partial charge is 0.326 e. The number of hydrogen-bond acceptors (Lipinski definition) is 4. The SMILES string of the molecule is NCc1ccc(-c2nc3cccc(Cl)c3s2)nc1. The van der Waals surface area contributed by atoms with Gasteiger partial charge in [0.1, 0.15) is 5.01 Å². The summed E-state index contributed by atoms with van der Waals surface area (Å²) in [5.41, 5.74) is 8.32. The number of thiazole rings is 1. The number of hydrogen-bond donors (Lipinski definition) is 1. The van der Waals surface area contributed by atoms with E-state index in [4.69, 9.17) is 17.3 Å². The number of nitrogens with two attached hydrogens (primary N) is 1.